The molecule has 2 aromatic carbocycles. The highest BCUT2D eigenvalue weighted by Crippen LogP contribution is 2.20. The Morgan fingerprint density at radius 2 is 1.69 bits per heavy atom. The molecule has 1 aliphatic rings. The Bertz CT molecular complexity index is 780. The fraction of sp³-hybridized carbons (Fsp3) is 0.333. The van der Waals surface area contributed by atoms with Crippen LogP contribution in [0.15, 0.2) is 48.5 Å². The van der Waals surface area contributed by atoms with Crippen LogP contribution in [0.1, 0.15) is 28.4 Å². The number of nitrogens with one attached hydrogen (secondary N) is 1. The number of amides is 1. The maximum absolute atomic E-state index is 12.9. The van der Waals surface area contributed by atoms with E-state index in [9.17, 15) is 9.59 Å². The summed E-state index contributed by atoms with van der Waals surface area (Å²) >= 11 is 0. The number of nitrogens with zero attached hydrogens (tertiary/aromatic N) is 1. The molecule has 0 bridgehead atoms. The van der Waals surface area contributed by atoms with E-state index in [2.05, 4.69) is 10.2 Å². The smallest absolute Gasteiger partial charge is 0.241 e. The van der Waals surface area contributed by atoms with Gasteiger partial charge in [0.1, 0.15) is 0 Å². The number of rotatable bonds is 5. The summed E-state index contributed by atoms with van der Waals surface area (Å²) in [4.78, 5) is 27.6. The molecule has 1 atom stereocenters. The molecule has 0 aromatic heterocycles. The summed E-state index contributed by atoms with van der Waals surface area (Å²) in [7, 11) is 0. The summed E-state index contributed by atoms with van der Waals surface area (Å²) in [5.41, 5.74) is 2.75. The molecule has 3 rings (SSSR count). The number of para-hydroxylation sites is 1. The zero-order valence-corrected chi connectivity index (χ0v) is 15.2. The molecular weight excluding hydrogens is 328 g/mol. The van der Waals surface area contributed by atoms with E-state index in [0.29, 0.717) is 30.0 Å². The summed E-state index contributed by atoms with van der Waals surface area (Å²) in [5, 5.41) is 2.93. The van der Waals surface area contributed by atoms with E-state index in [1.165, 1.54) is 0 Å². The standard InChI is InChI=1S/C21H24N2O3/c1-15-7-9-17(10-8-15)20(24)18-5-3-4-6-19(18)22-21(25)16(2)23-11-13-26-14-12-23/h3-10,16H,11-14H2,1-2H3,(H,22,25)/t16-/m1/s1. The van der Waals surface area contributed by atoms with Crippen LogP contribution in [0.2, 0.25) is 0 Å². The van der Waals surface area contributed by atoms with E-state index in [1.807, 2.05) is 50.2 Å². The topological polar surface area (TPSA) is 58.6 Å². The number of hydrogen-bond donors (Lipinski definition) is 1. The molecule has 1 aliphatic heterocycles. The third-order valence-electron chi connectivity index (χ3n) is 4.72. The Morgan fingerprint density at radius 3 is 2.38 bits per heavy atom. The Kier molecular flexibility index (Phi) is 5.81. The minimum atomic E-state index is -0.276. The van der Waals surface area contributed by atoms with Crippen molar-refractivity contribution in [1.29, 1.82) is 0 Å². The summed E-state index contributed by atoms with van der Waals surface area (Å²) < 4.78 is 5.34. The first-order chi connectivity index (χ1) is 12.6. The molecule has 1 heterocycles. The minimum Gasteiger partial charge on any atom is -0.379 e. The number of benzene rings is 2. The van der Waals surface area contributed by atoms with E-state index in [0.717, 1.165) is 18.7 Å². The Hall–Kier alpha value is -2.50. The van der Waals surface area contributed by atoms with Crippen molar-refractivity contribution in [2.75, 3.05) is 31.6 Å². The van der Waals surface area contributed by atoms with Gasteiger partial charge in [-0.1, -0.05) is 42.0 Å². The van der Waals surface area contributed by atoms with Gasteiger partial charge in [0.25, 0.3) is 0 Å². The minimum absolute atomic E-state index is 0.0973. The van der Waals surface area contributed by atoms with Crippen molar-refractivity contribution in [3.05, 3.63) is 65.2 Å². The van der Waals surface area contributed by atoms with Crippen LogP contribution in [-0.2, 0) is 9.53 Å². The van der Waals surface area contributed by atoms with E-state index >= 15 is 0 Å². The van der Waals surface area contributed by atoms with Crippen LogP contribution >= 0.6 is 0 Å². The highest BCUT2D eigenvalue weighted by molar-refractivity contribution is 6.14. The van der Waals surface area contributed by atoms with Crippen LogP contribution < -0.4 is 5.32 Å². The van der Waals surface area contributed by atoms with Gasteiger partial charge in [0.2, 0.25) is 5.91 Å². The monoisotopic (exact) mass is 352 g/mol. The zero-order valence-electron chi connectivity index (χ0n) is 15.2. The molecule has 0 radical (unpaired) electrons. The second kappa shape index (κ2) is 8.25. The molecule has 1 saturated heterocycles. The molecule has 0 spiro atoms. The molecular formula is C21H24N2O3. The first-order valence-corrected chi connectivity index (χ1v) is 8.89. The number of aryl methyl sites for hydroxylation is 1. The normalized spacial score (nSPS) is 16.1. The lowest BCUT2D eigenvalue weighted by Crippen LogP contribution is -2.47. The second-order valence-corrected chi connectivity index (χ2v) is 6.55. The number of ketones is 1. The van der Waals surface area contributed by atoms with Crippen LogP contribution in [0.3, 0.4) is 0 Å². The van der Waals surface area contributed by atoms with Crippen LogP contribution in [0.25, 0.3) is 0 Å². The van der Waals surface area contributed by atoms with Crippen molar-refractivity contribution in [3.8, 4) is 0 Å². The maximum atomic E-state index is 12.9. The lowest BCUT2D eigenvalue weighted by Gasteiger charge is -2.31. The average molecular weight is 352 g/mol. The highest BCUT2D eigenvalue weighted by atomic mass is 16.5. The fourth-order valence-electron chi connectivity index (χ4n) is 3.02. The number of carbonyl (C=O) groups is 2. The van der Waals surface area contributed by atoms with Gasteiger partial charge >= 0.3 is 0 Å². The van der Waals surface area contributed by atoms with Gasteiger partial charge in [0.05, 0.1) is 24.9 Å². The number of carbonyl (C=O) groups excluding carboxylic acids is 2. The van der Waals surface area contributed by atoms with Crippen LogP contribution in [-0.4, -0.2) is 48.9 Å². The number of anilines is 1. The van der Waals surface area contributed by atoms with E-state index < -0.39 is 0 Å². The summed E-state index contributed by atoms with van der Waals surface area (Å²) in [6, 6.07) is 14.3. The van der Waals surface area contributed by atoms with Crippen molar-refractivity contribution in [2.24, 2.45) is 0 Å². The van der Waals surface area contributed by atoms with Crippen LogP contribution in [0.4, 0.5) is 5.69 Å². The average Bonchev–Trinajstić information content (AvgIpc) is 2.68. The first-order valence-electron chi connectivity index (χ1n) is 8.89. The van der Waals surface area contributed by atoms with Gasteiger partial charge in [-0.2, -0.15) is 0 Å². The maximum Gasteiger partial charge on any atom is 0.241 e. The molecule has 1 fully saturated rings. The number of morpholine rings is 1. The number of ether oxygens (including phenoxy) is 1. The molecule has 136 valence electrons. The highest BCUT2D eigenvalue weighted by Gasteiger charge is 2.24. The summed E-state index contributed by atoms with van der Waals surface area (Å²) in [6.45, 7) is 6.61. The Morgan fingerprint density at radius 1 is 1.04 bits per heavy atom. The van der Waals surface area contributed by atoms with Crippen LogP contribution in [0, 0.1) is 6.92 Å². The van der Waals surface area contributed by atoms with Crippen molar-refractivity contribution < 1.29 is 14.3 Å². The van der Waals surface area contributed by atoms with Crippen molar-refractivity contribution in [3.63, 3.8) is 0 Å². The summed E-state index contributed by atoms with van der Waals surface area (Å²) in [5.74, 6) is -0.212. The predicted molar refractivity (Wildman–Crippen MR) is 102 cm³/mol. The largest absolute Gasteiger partial charge is 0.379 e. The van der Waals surface area contributed by atoms with Crippen molar-refractivity contribution in [1.82, 2.24) is 4.90 Å². The SMILES string of the molecule is Cc1ccc(C(=O)c2ccccc2NC(=O)[C@@H](C)N2CCOCC2)cc1. The lowest BCUT2D eigenvalue weighted by atomic mass is 10.0. The molecule has 5 heteroatoms. The zero-order chi connectivity index (χ0) is 18.5. The summed E-state index contributed by atoms with van der Waals surface area (Å²) in [6.07, 6.45) is 0. The third kappa shape index (κ3) is 4.18. The van der Waals surface area contributed by atoms with Gasteiger partial charge in [-0.05, 0) is 26.0 Å². The fourth-order valence-corrected chi connectivity index (χ4v) is 3.02. The van der Waals surface area contributed by atoms with Gasteiger partial charge in [0, 0.05) is 24.2 Å². The van der Waals surface area contributed by atoms with Crippen LogP contribution in [0.5, 0.6) is 0 Å². The molecule has 0 saturated carbocycles. The van der Waals surface area contributed by atoms with Gasteiger partial charge in [0.15, 0.2) is 5.78 Å². The van der Waals surface area contributed by atoms with Crippen molar-refractivity contribution in [2.45, 2.75) is 19.9 Å². The second-order valence-electron chi connectivity index (χ2n) is 6.55. The lowest BCUT2D eigenvalue weighted by molar-refractivity contribution is -0.122. The molecule has 26 heavy (non-hydrogen) atoms. The van der Waals surface area contributed by atoms with Gasteiger partial charge in [-0.25, -0.2) is 0 Å². The van der Waals surface area contributed by atoms with E-state index in [1.54, 1.807) is 12.1 Å². The van der Waals surface area contributed by atoms with Gasteiger partial charge in [-0.15, -0.1) is 0 Å². The Labute approximate surface area is 154 Å². The molecule has 1 N–H and O–H groups in total. The third-order valence-corrected chi connectivity index (χ3v) is 4.72. The predicted octanol–water partition coefficient (Wildman–Crippen LogP) is 2.89. The quantitative estimate of drug-likeness (QED) is 0.841. The molecule has 0 unspecified atom stereocenters. The molecule has 5 nitrogen and oxygen atoms in total. The Balaban J connectivity index is 1.77. The number of hydrogen-bond acceptors (Lipinski definition) is 4. The first kappa shape index (κ1) is 18.3. The van der Waals surface area contributed by atoms with Crippen molar-refractivity contribution >= 4 is 17.4 Å². The molecule has 1 amide bonds. The van der Waals surface area contributed by atoms with E-state index in [4.69, 9.17) is 4.74 Å². The van der Waals surface area contributed by atoms with E-state index in [-0.39, 0.29) is 17.7 Å². The molecule has 2 aromatic rings. The van der Waals surface area contributed by atoms with Gasteiger partial charge < -0.3 is 10.1 Å². The molecule has 0 aliphatic carbocycles. The van der Waals surface area contributed by atoms with Gasteiger partial charge in [-0.3, -0.25) is 14.5 Å².